The average Bonchev–Trinajstić information content (AvgIpc) is 2.33. The summed E-state index contributed by atoms with van der Waals surface area (Å²) in [5.74, 6) is -0.0683. The molecule has 0 aromatic carbocycles. The van der Waals surface area contributed by atoms with Crippen molar-refractivity contribution in [2.24, 2.45) is 5.92 Å². The Morgan fingerprint density at radius 3 is 3.06 bits per heavy atom. The van der Waals surface area contributed by atoms with Crippen LogP contribution in [0.1, 0.15) is 12.8 Å². The summed E-state index contributed by atoms with van der Waals surface area (Å²) in [7, 11) is 0. The van der Waals surface area contributed by atoms with Gasteiger partial charge < -0.3 is 10.6 Å². The van der Waals surface area contributed by atoms with Crippen molar-refractivity contribution in [3.8, 4) is 0 Å². The number of hydrogen-bond acceptors (Lipinski definition) is 3. The SMILES string of the molecule is O=C(Nc1ccc(F)cn1)C1CCCNC1. The Kier molecular flexibility index (Phi) is 3.46. The van der Waals surface area contributed by atoms with Crippen LogP contribution in [0.15, 0.2) is 18.3 Å². The van der Waals surface area contributed by atoms with E-state index in [1.807, 2.05) is 0 Å². The van der Waals surface area contributed by atoms with Crippen molar-refractivity contribution in [2.75, 3.05) is 18.4 Å². The van der Waals surface area contributed by atoms with Gasteiger partial charge in [0, 0.05) is 6.54 Å². The lowest BCUT2D eigenvalue weighted by Crippen LogP contribution is -2.37. The maximum Gasteiger partial charge on any atom is 0.229 e. The Morgan fingerprint density at radius 2 is 2.44 bits per heavy atom. The number of rotatable bonds is 2. The zero-order valence-corrected chi connectivity index (χ0v) is 8.87. The van der Waals surface area contributed by atoms with Gasteiger partial charge in [0.15, 0.2) is 0 Å². The number of carbonyl (C=O) groups is 1. The van der Waals surface area contributed by atoms with E-state index in [-0.39, 0.29) is 11.8 Å². The highest BCUT2D eigenvalue weighted by Crippen LogP contribution is 2.12. The molecule has 1 aliphatic heterocycles. The van der Waals surface area contributed by atoms with E-state index in [0.717, 1.165) is 25.6 Å². The first-order chi connectivity index (χ1) is 7.75. The monoisotopic (exact) mass is 223 g/mol. The van der Waals surface area contributed by atoms with Crippen molar-refractivity contribution < 1.29 is 9.18 Å². The molecule has 2 rings (SSSR count). The molecule has 1 fully saturated rings. The predicted molar refractivity (Wildman–Crippen MR) is 58.4 cm³/mol. The molecule has 1 aromatic heterocycles. The number of anilines is 1. The minimum absolute atomic E-state index is 0.0133. The fourth-order valence-corrected chi connectivity index (χ4v) is 1.75. The van der Waals surface area contributed by atoms with E-state index in [9.17, 15) is 9.18 Å². The molecule has 1 atom stereocenters. The van der Waals surface area contributed by atoms with Crippen LogP contribution in [0.25, 0.3) is 0 Å². The molecule has 1 aromatic rings. The molecular weight excluding hydrogens is 209 g/mol. The minimum atomic E-state index is -0.405. The molecule has 0 aliphatic carbocycles. The van der Waals surface area contributed by atoms with Crippen molar-refractivity contribution in [1.29, 1.82) is 0 Å². The number of nitrogens with one attached hydrogen (secondary N) is 2. The molecule has 2 N–H and O–H groups in total. The van der Waals surface area contributed by atoms with Gasteiger partial charge in [-0.25, -0.2) is 9.37 Å². The maximum atomic E-state index is 12.6. The number of pyridine rings is 1. The van der Waals surface area contributed by atoms with Gasteiger partial charge in [-0.3, -0.25) is 4.79 Å². The highest BCUT2D eigenvalue weighted by Gasteiger charge is 2.20. The van der Waals surface area contributed by atoms with Gasteiger partial charge in [-0.2, -0.15) is 0 Å². The van der Waals surface area contributed by atoms with Gasteiger partial charge in [-0.05, 0) is 31.5 Å². The van der Waals surface area contributed by atoms with Crippen LogP contribution in [0.5, 0.6) is 0 Å². The largest absolute Gasteiger partial charge is 0.316 e. The number of halogens is 1. The molecule has 1 amide bonds. The van der Waals surface area contributed by atoms with E-state index in [4.69, 9.17) is 0 Å². The first kappa shape index (κ1) is 11.0. The second-order valence-corrected chi connectivity index (χ2v) is 3.89. The van der Waals surface area contributed by atoms with Crippen molar-refractivity contribution >= 4 is 11.7 Å². The molecule has 0 saturated carbocycles. The lowest BCUT2D eigenvalue weighted by atomic mass is 9.99. The van der Waals surface area contributed by atoms with Gasteiger partial charge in [0.2, 0.25) is 5.91 Å². The molecule has 2 heterocycles. The molecule has 16 heavy (non-hydrogen) atoms. The molecule has 5 heteroatoms. The Morgan fingerprint density at radius 1 is 1.56 bits per heavy atom. The summed E-state index contributed by atoms with van der Waals surface area (Å²) in [6, 6.07) is 2.74. The highest BCUT2D eigenvalue weighted by atomic mass is 19.1. The van der Waals surface area contributed by atoms with E-state index in [2.05, 4.69) is 15.6 Å². The second kappa shape index (κ2) is 5.03. The molecule has 4 nitrogen and oxygen atoms in total. The van der Waals surface area contributed by atoms with Gasteiger partial charge >= 0.3 is 0 Å². The van der Waals surface area contributed by atoms with Gasteiger partial charge in [-0.1, -0.05) is 0 Å². The molecule has 0 radical (unpaired) electrons. The number of nitrogens with zero attached hydrogens (tertiary/aromatic N) is 1. The topological polar surface area (TPSA) is 54.0 Å². The number of piperidine rings is 1. The summed E-state index contributed by atoms with van der Waals surface area (Å²) in [6.45, 7) is 1.67. The molecule has 1 saturated heterocycles. The summed E-state index contributed by atoms with van der Waals surface area (Å²) in [5.41, 5.74) is 0. The van der Waals surface area contributed by atoms with E-state index >= 15 is 0 Å². The van der Waals surface area contributed by atoms with Gasteiger partial charge in [0.05, 0.1) is 12.1 Å². The van der Waals surface area contributed by atoms with E-state index in [1.165, 1.54) is 12.1 Å². The first-order valence-corrected chi connectivity index (χ1v) is 5.39. The van der Waals surface area contributed by atoms with Crippen LogP contribution < -0.4 is 10.6 Å². The molecule has 0 bridgehead atoms. The average molecular weight is 223 g/mol. The molecule has 1 aliphatic rings. The summed E-state index contributed by atoms with van der Waals surface area (Å²) in [4.78, 5) is 15.6. The van der Waals surface area contributed by atoms with Crippen LogP contribution in [0.2, 0.25) is 0 Å². The Bertz CT molecular complexity index is 360. The predicted octanol–water partition coefficient (Wildman–Crippen LogP) is 1.16. The van der Waals surface area contributed by atoms with Crippen molar-refractivity contribution in [2.45, 2.75) is 12.8 Å². The van der Waals surface area contributed by atoms with E-state index in [1.54, 1.807) is 0 Å². The van der Waals surface area contributed by atoms with Crippen molar-refractivity contribution in [3.05, 3.63) is 24.1 Å². The number of carbonyl (C=O) groups excluding carboxylic acids is 1. The third-order valence-electron chi connectivity index (χ3n) is 2.65. The summed E-state index contributed by atoms with van der Waals surface area (Å²) in [6.07, 6.45) is 2.99. The second-order valence-electron chi connectivity index (χ2n) is 3.89. The molecule has 0 spiro atoms. The van der Waals surface area contributed by atoms with Gasteiger partial charge in [-0.15, -0.1) is 0 Å². The summed E-state index contributed by atoms with van der Waals surface area (Å²) in [5, 5.41) is 5.85. The van der Waals surface area contributed by atoms with Gasteiger partial charge in [0.25, 0.3) is 0 Å². The van der Waals surface area contributed by atoms with Crippen LogP contribution in [-0.2, 0) is 4.79 Å². The zero-order chi connectivity index (χ0) is 11.4. The van der Waals surface area contributed by atoms with Crippen molar-refractivity contribution in [3.63, 3.8) is 0 Å². The quantitative estimate of drug-likeness (QED) is 0.791. The smallest absolute Gasteiger partial charge is 0.229 e. The number of aromatic nitrogens is 1. The van der Waals surface area contributed by atoms with Gasteiger partial charge in [0.1, 0.15) is 11.6 Å². The lowest BCUT2D eigenvalue weighted by molar-refractivity contribution is -0.120. The van der Waals surface area contributed by atoms with Crippen LogP contribution >= 0.6 is 0 Å². The Labute approximate surface area is 93.3 Å². The standard InChI is InChI=1S/C11H14FN3O/c12-9-3-4-10(14-7-9)15-11(16)8-2-1-5-13-6-8/h3-4,7-8,13H,1-2,5-6H2,(H,14,15,16). The van der Waals surface area contributed by atoms with Crippen LogP contribution in [0.4, 0.5) is 10.2 Å². The Balaban J connectivity index is 1.93. The van der Waals surface area contributed by atoms with Crippen LogP contribution in [-0.4, -0.2) is 24.0 Å². The fourth-order valence-electron chi connectivity index (χ4n) is 1.75. The first-order valence-electron chi connectivity index (χ1n) is 5.39. The zero-order valence-electron chi connectivity index (χ0n) is 8.87. The number of amides is 1. The Hall–Kier alpha value is -1.49. The summed E-state index contributed by atoms with van der Waals surface area (Å²) >= 11 is 0. The van der Waals surface area contributed by atoms with Crippen LogP contribution in [0, 0.1) is 11.7 Å². The number of hydrogen-bond donors (Lipinski definition) is 2. The minimum Gasteiger partial charge on any atom is -0.316 e. The normalized spacial score (nSPS) is 20.4. The summed E-state index contributed by atoms with van der Waals surface area (Å²) < 4.78 is 12.6. The van der Waals surface area contributed by atoms with E-state index < -0.39 is 5.82 Å². The lowest BCUT2D eigenvalue weighted by Gasteiger charge is -2.21. The molecule has 1 unspecified atom stereocenters. The molecular formula is C11H14FN3O. The third-order valence-corrected chi connectivity index (χ3v) is 2.65. The fraction of sp³-hybridized carbons (Fsp3) is 0.455. The van der Waals surface area contributed by atoms with Crippen LogP contribution in [0.3, 0.4) is 0 Å². The maximum absolute atomic E-state index is 12.6. The molecule has 86 valence electrons. The van der Waals surface area contributed by atoms with E-state index in [0.29, 0.717) is 12.4 Å². The van der Waals surface area contributed by atoms with Crippen molar-refractivity contribution in [1.82, 2.24) is 10.3 Å². The highest BCUT2D eigenvalue weighted by molar-refractivity contribution is 5.91. The third kappa shape index (κ3) is 2.76.